The number of aryl methyl sites for hydroxylation is 1. The summed E-state index contributed by atoms with van der Waals surface area (Å²) < 4.78 is 81.4. The smallest absolute Gasteiger partial charge is 0.370 e. The van der Waals surface area contributed by atoms with Crippen LogP contribution in [0.15, 0.2) is 66.0 Å². The molecule has 0 bridgehead atoms. The van der Waals surface area contributed by atoms with E-state index in [9.17, 15) is 21.6 Å². The Kier molecular flexibility index (Phi) is 7.93. The van der Waals surface area contributed by atoms with E-state index in [2.05, 4.69) is 19.6 Å². The molecule has 0 amide bonds. The van der Waals surface area contributed by atoms with Gasteiger partial charge in [-0.25, -0.2) is 22.8 Å². The van der Waals surface area contributed by atoms with Crippen molar-refractivity contribution in [3.8, 4) is 0 Å². The van der Waals surface area contributed by atoms with Crippen LogP contribution in [0.1, 0.15) is 30.4 Å². The minimum Gasteiger partial charge on any atom is -0.370 e. The Balaban J connectivity index is 1.49. The van der Waals surface area contributed by atoms with E-state index in [0.29, 0.717) is 31.6 Å². The molecule has 0 aliphatic carbocycles. The first-order chi connectivity index (χ1) is 17.9. The lowest BCUT2D eigenvalue weighted by Crippen LogP contribution is -2.56. The van der Waals surface area contributed by atoms with Crippen LogP contribution < -0.4 is 9.62 Å². The van der Waals surface area contributed by atoms with Crippen molar-refractivity contribution in [2.45, 2.75) is 42.3 Å². The summed E-state index contributed by atoms with van der Waals surface area (Å²) >= 11 is 0. The summed E-state index contributed by atoms with van der Waals surface area (Å²) in [4.78, 5) is 11.2. The van der Waals surface area contributed by atoms with E-state index in [0.717, 1.165) is 30.5 Å². The Labute approximate surface area is 219 Å². The third-order valence-corrected chi connectivity index (χ3v) is 8.44. The van der Waals surface area contributed by atoms with Crippen molar-refractivity contribution < 1.29 is 26.0 Å². The molecular weight excluding hydrogens is 522 g/mol. The molecule has 1 atom stereocenters. The second-order valence-electron chi connectivity index (χ2n) is 9.65. The van der Waals surface area contributed by atoms with Crippen LogP contribution in [0.5, 0.6) is 0 Å². The van der Waals surface area contributed by atoms with Crippen molar-refractivity contribution in [1.29, 1.82) is 0 Å². The molecule has 7 nitrogen and oxygen atoms in total. The van der Waals surface area contributed by atoms with Gasteiger partial charge < -0.3 is 9.80 Å². The Hall–Kier alpha value is -3.25. The number of hydrogen-bond acceptors (Lipinski definition) is 6. The van der Waals surface area contributed by atoms with Gasteiger partial charge in [-0.15, -0.1) is 0 Å². The fourth-order valence-corrected chi connectivity index (χ4v) is 5.88. The van der Waals surface area contributed by atoms with Crippen LogP contribution in [0.3, 0.4) is 0 Å². The third-order valence-electron chi connectivity index (χ3n) is 7.06. The molecule has 1 N–H and O–H groups in total. The molecule has 12 heteroatoms. The maximum atomic E-state index is 15.1. The zero-order valence-corrected chi connectivity index (χ0v) is 21.9. The van der Waals surface area contributed by atoms with Crippen LogP contribution in [0.25, 0.3) is 0 Å². The van der Waals surface area contributed by atoms with Gasteiger partial charge in [0.05, 0.1) is 5.56 Å². The fraction of sp³-hybridized carbons (Fsp3) is 0.385. The lowest BCUT2D eigenvalue weighted by atomic mass is 9.82. The average molecular weight is 552 g/mol. The quantitative estimate of drug-likeness (QED) is 0.399. The van der Waals surface area contributed by atoms with Gasteiger partial charge in [0.25, 0.3) is 10.0 Å². The lowest BCUT2D eigenvalue weighted by molar-refractivity contribution is -0.137. The highest BCUT2D eigenvalue weighted by atomic mass is 32.2. The van der Waals surface area contributed by atoms with Crippen LogP contribution in [0, 0.1) is 5.82 Å². The molecule has 4 rings (SSSR count). The highest BCUT2D eigenvalue weighted by Gasteiger charge is 2.38. The van der Waals surface area contributed by atoms with Crippen LogP contribution in [0.4, 0.5) is 29.1 Å². The largest absolute Gasteiger partial charge is 0.416 e. The van der Waals surface area contributed by atoms with Gasteiger partial charge in [-0.2, -0.15) is 13.2 Å². The summed E-state index contributed by atoms with van der Waals surface area (Å²) in [5, 5.41) is 0. The molecule has 1 aliphatic heterocycles. The van der Waals surface area contributed by atoms with E-state index in [1.807, 2.05) is 19.0 Å². The zero-order valence-electron chi connectivity index (χ0n) is 21.0. The molecular formula is C26H29F4N5O2S. The third kappa shape index (κ3) is 6.24. The molecule has 2 heterocycles. The number of halogens is 4. The number of anilines is 2. The first kappa shape index (κ1) is 27.8. The van der Waals surface area contributed by atoms with Crippen LogP contribution >= 0.6 is 0 Å². The van der Waals surface area contributed by atoms with Crippen LogP contribution in [-0.4, -0.2) is 56.0 Å². The molecule has 1 fully saturated rings. The first-order valence-electron chi connectivity index (χ1n) is 12.1. The monoisotopic (exact) mass is 551 g/mol. The highest BCUT2D eigenvalue weighted by Crippen LogP contribution is 2.35. The second kappa shape index (κ2) is 10.9. The average Bonchev–Trinajstić information content (AvgIpc) is 2.87. The van der Waals surface area contributed by atoms with E-state index < -0.39 is 32.5 Å². The van der Waals surface area contributed by atoms with Gasteiger partial charge in [0.15, 0.2) is 0 Å². The van der Waals surface area contributed by atoms with Crippen molar-refractivity contribution in [3.05, 3.63) is 78.0 Å². The van der Waals surface area contributed by atoms with Gasteiger partial charge >= 0.3 is 6.18 Å². The van der Waals surface area contributed by atoms with Crippen molar-refractivity contribution >= 4 is 21.5 Å². The standard InChI is InChI=1S/C26H29F4N5O2S/c1-34(2)25(13-10-19-4-6-20(7-5-19)26(28,29)30)12-3-15-35(17-25)21-8-9-23(22(27)16-21)38(36,37)33-24-11-14-31-18-32-24/h4-9,11,14,16,18H,3,10,12-13,15,17H2,1-2H3,(H,31,32,33)/t25-/m1/s1. The maximum absolute atomic E-state index is 15.1. The lowest BCUT2D eigenvalue weighted by Gasteiger charge is -2.48. The SMILES string of the molecule is CN(C)[C@@]1(CCc2ccc(C(F)(F)F)cc2)CCCN(c2ccc(S(=O)(=O)Nc3ccncn3)c(F)c2)C1. The maximum Gasteiger partial charge on any atom is 0.416 e. The fourth-order valence-electron chi connectivity index (χ4n) is 4.81. The topological polar surface area (TPSA) is 78.4 Å². The molecule has 0 spiro atoms. The Morgan fingerprint density at radius 3 is 2.45 bits per heavy atom. The molecule has 0 radical (unpaired) electrons. The van der Waals surface area contributed by atoms with E-state index in [4.69, 9.17) is 0 Å². The highest BCUT2D eigenvalue weighted by molar-refractivity contribution is 7.92. The van der Waals surface area contributed by atoms with Gasteiger partial charge in [-0.1, -0.05) is 12.1 Å². The number of rotatable bonds is 8. The molecule has 204 valence electrons. The number of sulfonamides is 1. The molecule has 1 saturated heterocycles. The number of alkyl halides is 3. The Morgan fingerprint density at radius 1 is 1.11 bits per heavy atom. The van der Waals surface area contributed by atoms with E-state index in [1.54, 1.807) is 6.07 Å². The number of aromatic nitrogens is 2. The summed E-state index contributed by atoms with van der Waals surface area (Å²) in [5.41, 5.74) is 0.403. The molecule has 2 aromatic carbocycles. The summed E-state index contributed by atoms with van der Waals surface area (Å²) in [6.07, 6.45) is 1.15. The summed E-state index contributed by atoms with van der Waals surface area (Å²) in [6, 6.07) is 10.6. The van der Waals surface area contributed by atoms with Gasteiger partial charge in [-0.05, 0) is 81.7 Å². The van der Waals surface area contributed by atoms with E-state index in [-0.39, 0.29) is 11.4 Å². The van der Waals surface area contributed by atoms with Gasteiger partial charge in [0, 0.05) is 30.5 Å². The number of likely N-dealkylation sites (N-methyl/N-ethyl adjacent to an activating group) is 1. The molecule has 1 aromatic heterocycles. The molecule has 3 aromatic rings. The van der Waals surface area contributed by atoms with Gasteiger partial charge in [0.1, 0.15) is 22.9 Å². The van der Waals surface area contributed by atoms with Crippen LogP contribution in [0.2, 0.25) is 0 Å². The summed E-state index contributed by atoms with van der Waals surface area (Å²) in [7, 11) is -0.265. The van der Waals surface area contributed by atoms with Crippen molar-refractivity contribution in [3.63, 3.8) is 0 Å². The van der Waals surface area contributed by atoms with Gasteiger partial charge in [0.2, 0.25) is 0 Å². The minimum absolute atomic E-state index is 0.0309. The van der Waals surface area contributed by atoms with Crippen molar-refractivity contribution in [2.24, 2.45) is 0 Å². The van der Waals surface area contributed by atoms with Crippen molar-refractivity contribution in [1.82, 2.24) is 14.9 Å². The predicted molar refractivity (Wildman–Crippen MR) is 137 cm³/mol. The molecule has 38 heavy (non-hydrogen) atoms. The van der Waals surface area contributed by atoms with E-state index in [1.165, 1.54) is 42.9 Å². The number of benzene rings is 2. The Morgan fingerprint density at radius 2 is 1.84 bits per heavy atom. The normalized spacial score (nSPS) is 18.6. The van der Waals surface area contributed by atoms with Crippen LogP contribution in [-0.2, 0) is 22.6 Å². The number of nitrogens with zero attached hydrogens (tertiary/aromatic N) is 4. The Bertz CT molecular complexity index is 1350. The second-order valence-corrected chi connectivity index (χ2v) is 11.3. The summed E-state index contributed by atoms with van der Waals surface area (Å²) in [6.45, 7) is 1.23. The number of nitrogens with one attached hydrogen (secondary N) is 1. The number of piperidine rings is 1. The predicted octanol–water partition coefficient (Wildman–Crippen LogP) is 4.97. The zero-order chi connectivity index (χ0) is 27.6. The minimum atomic E-state index is -4.37. The van der Waals surface area contributed by atoms with Crippen molar-refractivity contribution in [2.75, 3.05) is 36.8 Å². The number of hydrogen-bond donors (Lipinski definition) is 1. The van der Waals surface area contributed by atoms with Gasteiger partial charge in [-0.3, -0.25) is 4.72 Å². The first-order valence-corrected chi connectivity index (χ1v) is 13.5. The molecule has 0 saturated carbocycles. The summed E-state index contributed by atoms with van der Waals surface area (Å²) in [5.74, 6) is -0.849. The molecule has 1 aliphatic rings. The van der Waals surface area contributed by atoms with E-state index >= 15 is 4.39 Å². The molecule has 0 unspecified atom stereocenters.